The van der Waals surface area contributed by atoms with Crippen LogP contribution in [0.15, 0.2) is 0 Å². The monoisotopic (exact) mass is 1350 g/mol. The van der Waals surface area contributed by atoms with Gasteiger partial charge in [0, 0.05) is 25.7 Å². The van der Waals surface area contributed by atoms with Gasteiger partial charge in [-0.1, -0.05) is 330 Å². The first-order valence-corrected chi connectivity index (χ1v) is 41.1. The predicted molar refractivity (Wildman–Crippen MR) is 372 cm³/mol. The minimum absolute atomic E-state index is 0.108. The highest BCUT2D eigenvalue weighted by molar-refractivity contribution is 7.47. The number of hydrogen-bond donors (Lipinski definition) is 3. The van der Waals surface area contributed by atoms with Gasteiger partial charge in [0.2, 0.25) is 0 Å². The summed E-state index contributed by atoms with van der Waals surface area (Å²) in [6, 6.07) is 0. The summed E-state index contributed by atoms with van der Waals surface area (Å²) in [6.45, 7) is 7.27. The van der Waals surface area contributed by atoms with Gasteiger partial charge in [-0.3, -0.25) is 37.3 Å². The van der Waals surface area contributed by atoms with Gasteiger partial charge < -0.3 is 33.8 Å². The minimum Gasteiger partial charge on any atom is -0.462 e. The Labute approximate surface area is 562 Å². The fourth-order valence-corrected chi connectivity index (χ4v) is 12.8. The number of phosphoric ester groups is 2. The summed E-state index contributed by atoms with van der Waals surface area (Å²) >= 11 is 0. The topological polar surface area (TPSA) is 237 Å². The lowest BCUT2D eigenvalue weighted by molar-refractivity contribution is -0.161. The van der Waals surface area contributed by atoms with Crippen molar-refractivity contribution in [3.05, 3.63) is 0 Å². The highest BCUT2D eigenvalue weighted by atomic mass is 31.2. The molecule has 0 aliphatic heterocycles. The number of carbonyl (C=O) groups excluding carboxylic acids is 4. The van der Waals surface area contributed by atoms with Crippen LogP contribution < -0.4 is 0 Å². The SMILES string of the molecule is CCCCCCCCCCCCCCCCCC(=O)O[C@H](COC(=O)CCCCCCCCCCCCC(C)C)COP(=O)(O)OC[C@@H](O)COP(=O)(O)OC[C@@H](COC(=O)CCCCCCCCCCCCCC)OC(=O)CCCCCCCCCCCCCC. The molecular weight excluding hydrogens is 1210 g/mol. The fourth-order valence-electron chi connectivity index (χ4n) is 11.2. The van der Waals surface area contributed by atoms with Gasteiger partial charge in [0.25, 0.3) is 0 Å². The molecule has 0 amide bonds. The van der Waals surface area contributed by atoms with Crippen LogP contribution in [0.1, 0.15) is 381 Å². The largest absolute Gasteiger partial charge is 0.472 e. The van der Waals surface area contributed by atoms with Gasteiger partial charge in [-0.05, 0) is 31.6 Å². The predicted octanol–water partition coefficient (Wildman–Crippen LogP) is 21.3. The molecule has 546 valence electrons. The Morgan fingerprint density at radius 3 is 0.739 bits per heavy atom. The summed E-state index contributed by atoms with van der Waals surface area (Å²) in [6.07, 6.45) is 53.9. The lowest BCUT2D eigenvalue weighted by Gasteiger charge is -2.21. The third-order valence-electron chi connectivity index (χ3n) is 17.0. The quantitative estimate of drug-likeness (QED) is 0.0222. The van der Waals surface area contributed by atoms with Gasteiger partial charge in [0.1, 0.15) is 19.3 Å². The van der Waals surface area contributed by atoms with Crippen LogP contribution in [-0.4, -0.2) is 96.7 Å². The Bertz CT molecular complexity index is 1770. The minimum atomic E-state index is -4.95. The molecule has 0 radical (unpaired) electrons. The molecule has 0 bridgehead atoms. The van der Waals surface area contributed by atoms with E-state index < -0.39 is 97.5 Å². The van der Waals surface area contributed by atoms with Gasteiger partial charge in [-0.15, -0.1) is 0 Å². The number of aliphatic hydroxyl groups excluding tert-OH is 1. The van der Waals surface area contributed by atoms with Crippen molar-refractivity contribution >= 4 is 39.5 Å². The van der Waals surface area contributed by atoms with E-state index in [1.165, 1.54) is 205 Å². The number of phosphoric acid groups is 2. The molecular formula is C73H142O17P2. The lowest BCUT2D eigenvalue weighted by atomic mass is 10.0. The molecule has 0 aromatic carbocycles. The first-order valence-electron chi connectivity index (χ1n) is 38.1. The molecule has 0 aliphatic carbocycles. The summed E-state index contributed by atoms with van der Waals surface area (Å²) in [7, 11) is -9.90. The van der Waals surface area contributed by atoms with Crippen molar-refractivity contribution < 1.29 is 80.2 Å². The van der Waals surface area contributed by atoms with E-state index in [2.05, 4.69) is 34.6 Å². The first kappa shape index (κ1) is 90.1. The zero-order chi connectivity index (χ0) is 67.7. The van der Waals surface area contributed by atoms with E-state index in [1.54, 1.807) is 0 Å². The Morgan fingerprint density at radius 2 is 0.500 bits per heavy atom. The molecule has 3 N–H and O–H groups in total. The van der Waals surface area contributed by atoms with Crippen LogP contribution in [0.2, 0.25) is 0 Å². The second kappa shape index (κ2) is 66.3. The number of esters is 4. The molecule has 0 aromatic rings. The number of hydrogen-bond acceptors (Lipinski definition) is 15. The van der Waals surface area contributed by atoms with Crippen LogP contribution in [0.5, 0.6) is 0 Å². The van der Waals surface area contributed by atoms with E-state index in [4.69, 9.17) is 37.0 Å². The molecule has 0 saturated carbocycles. The Morgan fingerprint density at radius 1 is 0.293 bits per heavy atom. The van der Waals surface area contributed by atoms with Crippen molar-refractivity contribution in [1.82, 2.24) is 0 Å². The van der Waals surface area contributed by atoms with Crippen molar-refractivity contribution in [3.8, 4) is 0 Å². The Kier molecular flexibility index (Phi) is 64.9. The summed E-state index contributed by atoms with van der Waals surface area (Å²) in [5.74, 6) is -1.36. The van der Waals surface area contributed by atoms with Gasteiger partial charge >= 0.3 is 39.5 Å². The van der Waals surface area contributed by atoms with Crippen LogP contribution in [0, 0.1) is 5.92 Å². The first-order chi connectivity index (χ1) is 44.5. The van der Waals surface area contributed by atoms with Crippen LogP contribution in [0.25, 0.3) is 0 Å². The molecule has 0 aliphatic rings. The van der Waals surface area contributed by atoms with Crippen LogP contribution in [0.3, 0.4) is 0 Å². The number of rotatable bonds is 73. The molecule has 0 saturated heterocycles. The van der Waals surface area contributed by atoms with E-state index in [9.17, 15) is 43.2 Å². The molecule has 0 spiro atoms. The third kappa shape index (κ3) is 66.7. The molecule has 0 heterocycles. The molecule has 92 heavy (non-hydrogen) atoms. The second-order valence-corrected chi connectivity index (χ2v) is 29.7. The second-order valence-electron chi connectivity index (χ2n) is 26.8. The molecule has 17 nitrogen and oxygen atoms in total. The number of carbonyl (C=O) groups is 4. The van der Waals surface area contributed by atoms with Crippen molar-refractivity contribution in [2.24, 2.45) is 5.92 Å². The molecule has 5 atom stereocenters. The Hall–Kier alpha value is -1.94. The summed E-state index contributed by atoms with van der Waals surface area (Å²) in [5.41, 5.74) is 0. The highest BCUT2D eigenvalue weighted by Crippen LogP contribution is 2.45. The summed E-state index contributed by atoms with van der Waals surface area (Å²) < 4.78 is 68.4. The van der Waals surface area contributed by atoms with Gasteiger partial charge in [0.05, 0.1) is 26.4 Å². The van der Waals surface area contributed by atoms with Crippen LogP contribution in [-0.2, 0) is 65.4 Å². The van der Waals surface area contributed by atoms with E-state index in [0.29, 0.717) is 25.7 Å². The van der Waals surface area contributed by atoms with Gasteiger partial charge in [0.15, 0.2) is 12.2 Å². The van der Waals surface area contributed by atoms with Crippen LogP contribution in [0.4, 0.5) is 0 Å². The molecule has 0 aromatic heterocycles. The van der Waals surface area contributed by atoms with Crippen molar-refractivity contribution in [1.29, 1.82) is 0 Å². The van der Waals surface area contributed by atoms with Gasteiger partial charge in [-0.25, -0.2) is 9.13 Å². The summed E-state index contributed by atoms with van der Waals surface area (Å²) in [5, 5.41) is 10.6. The fraction of sp³-hybridized carbons (Fsp3) is 0.945. The van der Waals surface area contributed by atoms with Gasteiger partial charge in [-0.2, -0.15) is 0 Å². The van der Waals surface area contributed by atoms with Crippen molar-refractivity contribution in [2.75, 3.05) is 39.6 Å². The average molecular weight is 1350 g/mol. The summed E-state index contributed by atoms with van der Waals surface area (Å²) in [4.78, 5) is 72.7. The molecule has 0 fully saturated rings. The average Bonchev–Trinajstić information content (AvgIpc) is 2.08. The maximum Gasteiger partial charge on any atom is 0.472 e. The van der Waals surface area contributed by atoms with E-state index in [0.717, 1.165) is 95.8 Å². The van der Waals surface area contributed by atoms with Crippen LogP contribution >= 0.6 is 15.6 Å². The molecule has 19 heteroatoms. The normalized spacial score (nSPS) is 14.0. The third-order valence-corrected chi connectivity index (χ3v) is 18.9. The highest BCUT2D eigenvalue weighted by Gasteiger charge is 2.30. The van der Waals surface area contributed by atoms with Crippen molar-refractivity contribution in [3.63, 3.8) is 0 Å². The standard InChI is InChI=1S/C73H142O17P2/c1-6-9-12-15-18-21-24-27-28-29-32-39-44-49-54-59-73(78)90-69(63-84-71(76)57-52-47-42-37-34-33-35-40-45-50-55-66(4)5)65-88-92(81,82)86-61-67(74)60-85-91(79,80)87-64-68(89-72(77)58-53-48-43-38-31-26-23-20-17-14-11-8-3)62-83-70(75)56-51-46-41-36-30-25-22-19-16-13-10-7-2/h66-69,74H,6-65H2,1-5H3,(H,79,80)(H,81,82)/t67-,68+,69+/m0/s1. The van der Waals surface area contributed by atoms with E-state index >= 15 is 0 Å². The smallest absolute Gasteiger partial charge is 0.462 e. The molecule has 2 unspecified atom stereocenters. The van der Waals surface area contributed by atoms with E-state index in [1.807, 2.05) is 0 Å². The Balaban J connectivity index is 5.26. The number of aliphatic hydroxyl groups is 1. The van der Waals surface area contributed by atoms with E-state index in [-0.39, 0.29) is 25.7 Å². The maximum atomic E-state index is 13.1. The maximum absolute atomic E-state index is 13.1. The lowest BCUT2D eigenvalue weighted by Crippen LogP contribution is -2.30. The molecule has 0 rings (SSSR count). The van der Waals surface area contributed by atoms with Crippen molar-refractivity contribution in [2.45, 2.75) is 400 Å². The zero-order valence-corrected chi connectivity index (χ0v) is 61.5. The number of ether oxygens (including phenoxy) is 4. The zero-order valence-electron chi connectivity index (χ0n) is 59.7. The number of unbranched alkanes of at least 4 members (excludes halogenated alkanes) is 45.